The van der Waals surface area contributed by atoms with Gasteiger partial charge in [-0.25, -0.2) is 4.98 Å². The summed E-state index contributed by atoms with van der Waals surface area (Å²) < 4.78 is 1.70. The summed E-state index contributed by atoms with van der Waals surface area (Å²) in [6, 6.07) is 15.1. The molecule has 122 valence electrons. The number of hydrogen-bond donors (Lipinski definition) is 1. The van der Waals surface area contributed by atoms with Crippen molar-refractivity contribution in [2.45, 2.75) is 19.4 Å². The molecule has 2 aromatic carbocycles. The SMILES string of the molecule is C[C@H]1CN[C@H](c2nc3cccc(Cl)c3c(=O)n2-c2ccccc2)C1. The molecule has 5 heteroatoms. The molecule has 0 unspecified atom stereocenters. The van der Waals surface area contributed by atoms with Gasteiger partial charge in [-0.3, -0.25) is 9.36 Å². The van der Waals surface area contributed by atoms with Gasteiger partial charge in [-0.1, -0.05) is 42.8 Å². The van der Waals surface area contributed by atoms with E-state index in [0.717, 1.165) is 24.5 Å². The van der Waals surface area contributed by atoms with Crippen LogP contribution in [0.3, 0.4) is 0 Å². The monoisotopic (exact) mass is 339 g/mol. The molecule has 0 aliphatic carbocycles. The van der Waals surface area contributed by atoms with Gasteiger partial charge in [0.15, 0.2) is 0 Å². The smallest absolute Gasteiger partial charge is 0.267 e. The van der Waals surface area contributed by atoms with E-state index in [9.17, 15) is 4.79 Å². The Morgan fingerprint density at radius 1 is 1.17 bits per heavy atom. The molecule has 0 spiro atoms. The summed E-state index contributed by atoms with van der Waals surface area (Å²) in [5.41, 5.74) is 1.34. The van der Waals surface area contributed by atoms with E-state index in [1.807, 2.05) is 42.5 Å². The first-order valence-corrected chi connectivity index (χ1v) is 8.53. The molecule has 0 saturated carbocycles. The maximum absolute atomic E-state index is 13.2. The first kappa shape index (κ1) is 15.4. The zero-order valence-corrected chi connectivity index (χ0v) is 14.1. The van der Waals surface area contributed by atoms with E-state index in [4.69, 9.17) is 16.6 Å². The number of aromatic nitrogens is 2. The third-order valence-electron chi connectivity index (χ3n) is 4.55. The number of nitrogens with one attached hydrogen (secondary N) is 1. The van der Waals surface area contributed by atoms with Crippen molar-refractivity contribution in [3.63, 3.8) is 0 Å². The minimum absolute atomic E-state index is 0.0660. The fourth-order valence-electron chi connectivity index (χ4n) is 3.38. The molecule has 1 aliphatic heterocycles. The van der Waals surface area contributed by atoms with Gasteiger partial charge >= 0.3 is 0 Å². The number of hydrogen-bond acceptors (Lipinski definition) is 3. The number of benzene rings is 2. The quantitative estimate of drug-likeness (QED) is 0.774. The third kappa shape index (κ3) is 2.52. The fraction of sp³-hybridized carbons (Fsp3) is 0.263. The summed E-state index contributed by atoms with van der Waals surface area (Å²) in [6.07, 6.45) is 0.964. The summed E-state index contributed by atoms with van der Waals surface area (Å²) in [5, 5.41) is 4.39. The zero-order chi connectivity index (χ0) is 16.7. The van der Waals surface area contributed by atoms with Crippen LogP contribution in [0.15, 0.2) is 53.3 Å². The number of nitrogens with zero attached hydrogens (tertiary/aromatic N) is 2. The Morgan fingerprint density at radius 3 is 2.67 bits per heavy atom. The molecular formula is C19H18ClN3O. The van der Waals surface area contributed by atoms with Crippen LogP contribution in [0.2, 0.25) is 5.02 Å². The zero-order valence-electron chi connectivity index (χ0n) is 13.4. The largest absolute Gasteiger partial charge is 0.307 e. The number of halogens is 1. The van der Waals surface area contributed by atoms with E-state index in [0.29, 0.717) is 21.8 Å². The molecule has 2 atom stereocenters. The maximum Gasteiger partial charge on any atom is 0.267 e. The van der Waals surface area contributed by atoms with Crippen molar-refractivity contribution in [3.05, 3.63) is 69.7 Å². The lowest BCUT2D eigenvalue weighted by Crippen LogP contribution is -2.28. The summed E-state index contributed by atoms with van der Waals surface area (Å²) in [5.74, 6) is 1.32. The molecule has 1 saturated heterocycles. The standard InChI is InChI=1S/C19H18ClN3O/c1-12-10-16(21-11-12)18-22-15-9-5-8-14(20)17(15)19(24)23(18)13-6-3-2-4-7-13/h2-9,12,16,21H,10-11H2,1H3/t12-,16+/m1/s1. The van der Waals surface area contributed by atoms with Crippen molar-refractivity contribution in [1.82, 2.24) is 14.9 Å². The summed E-state index contributed by atoms with van der Waals surface area (Å²) in [7, 11) is 0. The average molecular weight is 340 g/mol. The Morgan fingerprint density at radius 2 is 1.96 bits per heavy atom. The molecule has 1 aliphatic rings. The van der Waals surface area contributed by atoms with Crippen molar-refractivity contribution >= 4 is 22.5 Å². The van der Waals surface area contributed by atoms with Gasteiger partial charge in [-0.2, -0.15) is 0 Å². The van der Waals surface area contributed by atoms with Gasteiger partial charge in [0.1, 0.15) is 5.82 Å². The van der Waals surface area contributed by atoms with E-state index in [-0.39, 0.29) is 11.6 Å². The fourth-order valence-corrected chi connectivity index (χ4v) is 3.63. The Bertz CT molecular complexity index is 952. The minimum Gasteiger partial charge on any atom is -0.307 e. The average Bonchev–Trinajstić information content (AvgIpc) is 3.02. The van der Waals surface area contributed by atoms with Gasteiger partial charge in [-0.05, 0) is 43.1 Å². The maximum atomic E-state index is 13.2. The normalized spacial score (nSPS) is 20.6. The lowest BCUT2D eigenvalue weighted by molar-refractivity contribution is 0.566. The van der Waals surface area contributed by atoms with Gasteiger partial charge in [0.25, 0.3) is 5.56 Å². The van der Waals surface area contributed by atoms with Crippen LogP contribution in [0, 0.1) is 5.92 Å². The van der Waals surface area contributed by atoms with E-state index in [1.54, 1.807) is 10.6 Å². The second-order valence-corrected chi connectivity index (χ2v) is 6.79. The van der Waals surface area contributed by atoms with Crippen LogP contribution in [0.5, 0.6) is 0 Å². The first-order valence-electron chi connectivity index (χ1n) is 8.15. The van der Waals surface area contributed by atoms with Crippen LogP contribution in [0.25, 0.3) is 16.6 Å². The van der Waals surface area contributed by atoms with E-state index < -0.39 is 0 Å². The molecular weight excluding hydrogens is 322 g/mol. The van der Waals surface area contributed by atoms with Crippen molar-refractivity contribution in [2.24, 2.45) is 5.92 Å². The Labute approximate surface area is 145 Å². The third-order valence-corrected chi connectivity index (χ3v) is 4.86. The Kier molecular flexibility index (Phi) is 3.87. The second kappa shape index (κ2) is 6.04. The predicted molar refractivity (Wildman–Crippen MR) is 96.9 cm³/mol. The molecule has 0 amide bonds. The molecule has 0 bridgehead atoms. The van der Waals surface area contributed by atoms with Gasteiger partial charge in [0.2, 0.25) is 0 Å². The van der Waals surface area contributed by atoms with Crippen LogP contribution in [0.4, 0.5) is 0 Å². The molecule has 4 rings (SSSR count). The van der Waals surface area contributed by atoms with Crippen molar-refractivity contribution in [1.29, 1.82) is 0 Å². The van der Waals surface area contributed by atoms with Crippen LogP contribution in [-0.4, -0.2) is 16.1 Å². The Balaban J connectivity index is 2.04. The lowest BCUT2D eigenvalue weighted by atomic mass is 10.1. The summed E-state index contributed by atoms with van der Waals surface area (Å²) in [6.45, 7) is 3.14. The van der Waals surface area contributed by atoms with Gasteiger partial charge in [0, 0.05) is 0 Å². The topological polar surface area (TPSA) is 46.9 Å². The highest BCUT2D eigenvalue weighted by Crippen LogP contribution is 2.28. The summed E-state index contributed by atoms with van der Waals surface area (Å²) >= 11 is 6.29. The molecule has 1 aromatic heterocycles. The highest BCUT2D eigenvalue weighted by atomic mass is 35.5. The van der Waals surface area contributed by atoms with E-state index >= 15 is 0 Å². The van der Waals surface area contributed by atoms with Gasteiger partial charge in [-0.15, -0.1) is 0 Å². The summed E-state index contributed by atoms with van der Waals surface area (Å²) in [4.78, 5) is 18.0. The van der Waals surface area contributed by atoms with Crippen molar-refractivity contribution in [3.8, 4) is 5.69 Å². The molecule has 1 fully saturated rings. The number of fused-ring (bicyclic) bond motifs is 1. The predicted octanol–water partition coefficient (Wildman–Crippen LogP) is 3.71. The molecule has 3 aromatic rings. The van der Waals surface area contributed by atoms with Crippen LogP contribution >= 0.6 is 11.6 Å². The van der Waals surface area contributed by atoms with Crippen LogP contribution in [0.1, 0.15) is 25.2 Å². The Hall–Kier alpha value is -2.17. The highest BCUT2D eigenvalue weighted by Gasteiger charge is 2.27. The molecule has 4 nitrogen and oxygen atoms in total. The van der Waals surface area contributed by atoms with Gasteiger partial charge < -0.3 is 5.32 Å². The lowest BCUT2D eigenvalue weighted by Gasteiger charge is -2.18. The van der Waals surface area contributed by atoms with Crippen molar-refractivity contribution < 1.29 is 0 Å². The van der Waals surface area contributed by atoms with Crippen LogP contribution < -0.4 is 10.9 Å². The minimum atomic E-state index is -0.117. The number of rotatable bonds is 2. The number of para-hydroxylation sites is 1. The van der Waals surface area contributed by atoms with Gasteiger partial charge in [0.05, 0.1) is 27.7 Å². The molecule has 0 radical (unpaired) electrons. The molecule has 24 heavy (non-hydrogen) atoms. The van der Waals surface area contributed by atoms with Crippen molar-refractivity contribution in [2.75, 3.05) is 6.54 Å². The first-order chi connectivity index (χ1) is 11.6. The molecule has 2 heterocycles. The molecule has 1 N–H and O–H groups in total. The van der Waals surface area contributed by atoms with E-state index in [1.165, 1.54) is 0 Å². The second-order valence-electron chi connectivity index (χ2n) is 6.38. The van der Waals surface area contributed by atoms with Crippen LogP contribution in [-0.2, 0) is 0 Å². The van der Waals surface area contributed by atoms with E-state index in [2.05, 4.69) is 12.2 Å². The highest BCUT2D eigenvalue weighted by molar-refractivity contribution is 6.35.